The van der Waals surface area contributed by atoms with Crippen LogP contribution >= 0.6 is 0 Å². The second-order valence-electron chi connectivity index (χ2n) is 12.0. The van der Waals surface area contributed by atoms with Crippen LogP contribution in [0.25, 0.3) is 78.1 Å². The van der Waals surface area contributed by atoms with Crippen LogP contribution in [-0.4, -0.2) is 26.4 Å². The Kier molecular flexibility index (Phi) is 6.37. The van der Waals surface area contributed by atoms with E-state index in [0.717, 1.165) is 88.7 Å². The quantitative estimate of drug-likeness (QED) is 0.195. The summed E-state index contributed by atoms with van der Waals surface area (Å²) in [5, 5.41) is 18.9. The highest BCUT2D eigenvalue weighted by atomic mass is 14.8. The molecule has 1 aliphatic carbocycles. The second-order valence-corrected chi connectivity index (χ2v) is 12.0. The predicted molar refractivity (Wildman–Crippen MR) is 197 cm³/mol. The Bertz CT molecular complexity index is 2630. The molecule has 0 aliphatic heterocycles. The van der Waals surface area contributed by atoms with Crippen LogP contribution in [0, 0.1) is 5.41 Å². The molecular formula is C43H28N5+. The molecule has 0 unspecified atom stereocenters. The third-order valence-corrected chi connectivity index (χ3v) is 9.14. The minimum absolute atomic E-state index is 0.315. The minimum Gasteiger partial charge on any atom is -0.294 e. The van der Waals surface area contributed by atoms with Crippen LogP contribution in [0.1, 0.15) is 16.7 Å². The van der Waals surface area contributed by atoms with E-state index < -0.39 is 0 Å². The molecule has 0 fully saturated rings. The van der Waals surface area contributed by atoms with Gasteiger partial charge < -0.3 is 0 Å². The van der Waals surface area contributed by atoms with Gasteiger partial charge in [0.05, 0.1) is 39.2 Å². The van der Waals surface area contributed by atoms with Gasteiger partial charge in [-0.3, -0.25) is 10.8 Å². The molecular weight excluding hydrogens is 587 g/mol. The van der Waals surface area contributed by atoms with Gasteiger partial charge in [0.25, 0.3) is 0 Å². The highest BCUT2D eigenvalue weighted by Gasteiger charge is 2.31. The number of aromatic nitrogens is 3. The molecule has 0 radical (unpaired) electrons. The van der Waals surface area contributed by atoms with Crippen LogP contribution in [-0.2, 0) is 0 Å². The molecule has 224 valence electrons. The lowest BCUT2D eigenvalue weighted by atomic mass is 9.82. The second kappa shape index (κ2) is 11.0. The van der Waals surface area contributed by atoms with E-state index in [0.29, 0.717) is 11.4 Å². The van der Waals surface area contributed by atoms with E-state index >= 15 is 0 Å². The average molecular weight is 615 g/mol. The van der Waals surface area contributed by atoms with Gasteiger partial charge in [-0.05, 0) is 29.8 Å². The number of allylic oxidation sites excluding steroid dienone is 1. The van der Waals surface area contributed by atoms with E-state index in [9.17, 15) is 0 Å². The van der Waals surface area contributed by atoms with Crippen molar-refractivity contribution in [3.8, 4) is 33.8 Å². The van der Waals surface area contributed by atoms with Crippen molar-refractivity contribution in [2.45, 2.75) is 0 Å². The van der Waals surface area contributed by atoms with Crippen molar-refractivity contribution in [3.05, 3.63) is 162 Å². The summed E-state index contributed by atoms with van der Waals surface area (Å²) in [6.45, 7) is 0. The van der Waals surface area contributed by atoms with Crippen LogP contribution in [0.2, 0.25) is 0 Å². The summed E-state index contributed by atoms with van der Waals surface area (Å²) < 4.78 is 0. The Morgan fingerprint density at radius 2 is 1.04 bits per heavy atom. The molecule has 0 bridgehead atoms. The molecule has 5 heteroatoms. The topological polar surface area (TPSA) is 88.1 Å². The molecule has 0 saturated carbocycles. The smallest absolute Gasteiger partial charge is 0.231 e. The summed E-state index contributed by atoms with van der Waals surface area (Å²) >= 11 is 0. The van der Waals surface area contributed by atoms with Gasteiger partial charge in [-0.1, -0.05) is 127 Å². The number of nitrogens with two attached hydrogens (primary N) is 1. The zero-order valence-electron chi connectivity index (χ0n) is 25.9. The van der Waals surface area contributed by atoms with Crippen molar-refractivity contribution in [1.82, 2.24) is 15.0 Å². The molecule has 48 heavy (non-hydrogen) atoms. The molecule has 3 heterocycles. The van der Waals surface area contributed by atoms with Gasteiger partial charge in [0.1, 0.15) is 5.71 Å². The maximum atomic E-state index is 9.09. The van der Waals surface area contributed by atoms with E-state index in [1.165, 1.54) is 0 Å². The molecule has 0 saturated heterocycles. The van der Waals surface area contributed by atoms with Crippen LogP contribution < -0.4 is 5.41 Å². The van der Waals surface area contributed by atoms with Crippen LogP contribution in [0.4, 0.5) is 0 Å². The maximum absolute atomic E-state index is 9.09. The third kappa shape index (κ3) is 4.52. The fraction of sp³-hybridized carbons (Fsp3) is 0. The Morgan fingerprint density at radius 3 is 1.67 bits per heavy atom. The summed E-state index contributed by atoms with van der Waals surface area (Å²) in [4.78, 5) is 15.5. The van der Waals surface area contributed by atoms with Crippen LogP contribution in [0.3, 0.4) is 0 Å². The van der Waals surface area contributed by atoms with Crippen molar-refractivity contribution >= 4 is 55.8 Å². The highest BCUT2D eigenvalue weighted by Crippen LogP contribution is 2.38. The van der Waals surface area contributed by atoms with Crippen molar-refractivity contribution in [1.29, 1.82) is 5.41 Å². The van der Waals surface area contributed by atoms with Gasteiger partial charge in [-0.15, -0.1) is 0 Å². The molecule has 0 amide bonds. The van der Waals surface area contributed by atoms with Crippen molar-refractivity contribution in [2.24, 2.45) is 0 Å². The number of nitrogens with zero attached hydrogens (tertiary/aromatic N) is 3. The highest BCUT2D eigenvalue weighted by molar-refractivity contribution is 6.63. The number of benzene rings is 5. The number of hydrogen-bond donors (Lipinski definition) is 2. The molecule has 0 atom stereocenters. The number of rotatable bonds is 4. The molecule has 3 N–H and O–H groups in total. The molecule has 5 aromatic carbocycles. The fourth-order valence-corrected chi connectivity index (χ4v) is 6.72. The summed E-state index contributed by atoms with van der Waals surface area (Å²) in [5.41, 5.74) is 12.4. The first-order valence-corrected chi connectivity index (χ1v) is 15.9. The van der Waals surface area contributed by atoms with E-state index in [-0.39, 0.29) is 0 Å². The Hall–Kier alpha value is -6.59. The Morgan fingerprint density at radius 1 is 0.500 bits per heavy atom. The van der Waals surface area contributed by atoms with Gasteiger partial charge in [-0.2, -0.15) is 0 Å². The summed E-state index contributed by atoms with van der Waals surface area (Å²) in [6.07, 6.45) is 2.07. The zero-order chi connectivity index (χ0) is 32.2. The number of nitrogens with one attached hydrogen (secondary N) is 1. The normalized spacial score (nSPS) is 12.8. The number of pyridine rings is 3. The van der Waals surface area contributed by atoms with Crippen molar-refractivity contribution in [2.75, 3.05) is 0 Å². The van der Waals surface area contributed by atoms with Gasteiger partial charge >= 0.3 is 0 Å². The summed E-state index contributed by atoms with van der Waals surface area (Å²) in [7, 11) is 0. The van der Waals surface area contributed by atoms with Gasteiger partial charge in [-0.25, -0.2) is 15.0 Å². The van der Waals surface area contributed by atoms with E-state index in [1.54, 1.807) is 0 Å². The first-order valence-electron chi connectivity index (χ1n) is 15.9. The molecule has 1 aliphatic rings. The summed E-state index contributed by atoms with van der Waals surface area (Å²) in [6, 6.07) is 49.1. The van der Waals surface area contributed by atoms with E-state index in [2.05, 4.69) is 84.9 Å². The lowest BCUT2D eigenvalue weighted by Crippen LogP contribution is -2.47. The predicted octanol–water partition coefficient (Wildman–Crippen LogP) is 8.45. The van der Waals surface area contributed by atoms with Crippen molar-refractivity contribution in [3.63, 3.8) is 0 Å². The molecule has 0 spiro atoms. The van der Waals surface area contributed by atoms with Gasteiger partial charge in [0.15, 0.2) is 0 Å². The standard InChI is InChI=1S/C43H27N5/c44-39-33(26-10-4-1-5-11-26)25-34-38(40(39)45)32-21-18-31(24-37(32)48-41(34)28-14-8-3-9-15-28)36-23-20-30-17-16-29-19-22-35(27-12-6-2-7-13-27)46-42(29)43(30)47-36/h1-25,44-45H/p+1. The van der Waals surface area contributed by atoms with E-state index in [1.807, 2.05) is 66.7 Å². The third-order valence-electron chi connectivity index (χ3n) is 9.14. The largest absolute Gasteiger partial charge is 0.294 e. The molecule has 9 rings (SSSR count). The summed E-state index contributed by atoms with van der Waals surface area (Å²) in [5.74, 6) is 0. The number of hydrogen-bond acceptors (Lipinski definition) is 4. The fourth-order valence-electron chi connectivity index (χ4n) is 6.72. The minimum atomic E-state index is 0.315. The Balaban J connectivity index is 1.24. The van der Waals surface area contributed by atoms with Crippen LogP contribution in [0.15, 0.2) is 146 Å². The lowest BCUT2D eigenvalue weighted by molar-refractivity contribution is -0.109. The van der Waals surface area contributed by atoms with Crippen LogP contribution in [0.5, 0.6) is 0 Å². The molecule has 3 aromatic heterocycles. The average Bonchev–Trinajstić information content (AvgIpc) is 3.16. The maximum Gasteiger partial charge on any atom is 0.231 e. The SMILES string of the molecule is N=C1C(=[NH2+])c2c(c(-c3ccccc3)nc3cc(-c4ccc5ccc6ccc(-c7ccccc7)nc6c5n4)ccc23)C=C1c1ccccc1. The Labute approximate surface area is 276 Å². The molecule has 8 aromatic rings. The van der Waals surface area contributed by atoms with E-state index in [4.69, 9.17) is 25.8 Å². The van der Waals surface area contributed by atoms with Crippen molar-refractivity contribution < 1.29 is 5.41 Å². The molecule has 5 nitrogen and oxygen atoms in total. The van der Waals surface area contributed by atoms with Gasteiger partial charge in [0, 0.05) is 44.0 Å². The number of fused-ring (bicyclic) bond motifs is 6. The zero-order valence-corrected chi connectivity index (χ0v) is 25.9. The monoisotopic (exact) mass is 614 g/mol. The first kappa shape index (κ1) is 27.7. The van der Waals surface area contributed by atoms with Gasteiger partial charge in [0.2, 0.25) is 5.71 Å². The lowest BCUT2D eigenvalue weighted by Gasteiger charge is -2.21. The first-order chi connectivity index (χ1) is 23.6.